The number of carbonyl (C=O) groups is 4. The molecular weight excluding hydrogens is 833 g/mol. The molecule has 0 aliphatic rings. The number of carbonyl (C=O) groups excluding carboxylic acids is 4. The average Bonchev–Trinajstić information content (AvgIpc) is 3.35. The Morgan fingerprint density at radius 2 is 0.788 bits per heavy atom. The summed E-state index contributed by atoms with van der Waals surface area (Å²) in [6.07, 6.45) is 5.02. The third-order valence-electron chi connectivity index (χ3n) is 11.0. The van der Waals surface area contributed by atoms with Crippen LogP contribution >= 0.6 is 0 Å². The van der Waals surface area contributed by atoms with Crippen LogP contribution in [-0.2, 0) is 19.1 Å². The maximum atomic E-state index is 14.1. The number of unbranched alkanes of at least 4 members (excludes halogenated alkanes) is 2. The zero-order chi connectivity index (χ0) is 45.8. The molecule has 0 aliphatic heterocycles. The summed E-state index contributed by atoms with van der Waals surface area (Å²) in [4.78, 5) is 50.7. The van der Waals surface area contributed by atoms with Crippen molar-refractivity contribution in [1.29, 1.82) is 0 Å². The quantitative estimate of drug-likeness (QED) is 0.0335. The van der Waals surface area contributed by atoms with Gasteiger partial charge in [0.25, 0.3) is 0 Å². The van der Waals surface area contributed by atoms with E-state index in [1.165, 1.54) is 0 Å². The number of benzene rings is 8. The van der Waals surface area contributed by atoms with E-state index in [0.717, 1.165) is 55.2 Å². The lowest BCUT2D eigenvalue weighted by molar-refractivity contribution is -0.138. The Morgan fingerprint density at radius 1 is 0.409 bits per heavy atom. The van der Waals surface area contributed by atoms with Gasteiger partial charge in [-0.3, -0.25) is 0 Å². The fourth-order valence-corrected chi connectivity index (χ4v) is 7.64. The lowest BCUT2D eigenvalue weighted by Crippen LogP contribution is -2.11. The van der Waals surface area contributed by atoms with Crippen LogP contribution in [0, 0.1) is 0 Å². The van der Waals surface area contributed by atoms with E-state index in [1.807, 2.05) is 109 Å². The number of rotatable bonds is 19. The van der Waals surface area contributed by atoms with Gasteiger partial charge in [0, 0.05) is 23.3 Å². The van der Waals surface area contributed by atoms with Gasteiger partial charge in [-0.05, 0) is 129 Å². The normalized spacial score (nSPS) is 11.0. The maximum absolute atomic E-state index is 14.1. The molecule has 0 saturated carbocycles. The Labute approximate surface area is 381 Å². The van der Waals surface area contributed by atoms with Gasteiger partial charge in [0.1, 0.15) is 23.0 Å². The van der Waals surface area contributed by atoms with E-state index in [0.29, 0.717) is 97.4 Å². The zero-order valence-electron chi connectivity index (χ0n) is 36.2. The first-order valence-electron chi connectivity index (χ1n) is 21.7. The largest absolute Gasteiger partial charge is 0.494 e. The maximum Gasteiger partial charge on any atom is 0.343 e. The molecule has 66 heavy (non-hydrogen) atoms. The van der Waals surface area contributed by atoms with Crippen LogP contribution in [0.15, 0.2) is 171 Å². The number of fused-ring (bicyclic) bond motifs is 4. The number of hydrogen-bond acceptors (Lipinski definition) is 10. The molecule has 8 rings (SSSR count). The van der Waals surface area contributed by atoms with E-state index in [2.05, 4.69) is 13.2 Å². The molecule has 0 fully saturated rings. The summed E-state index contributed by atoms with van der Waals surface area (Å²) in [5.41, 5.74) is 1.91. The lowest BCUT2D eigenvalue weighted by atomic mass is 9.92. The van der Waals surface area contributed by atoms with Crippen LogP contribution < -0.4 is 18.9 Å². The van der Waals surface area contributed by atoms with Crippen molar-refractivity contribution < 1.29 is 47.6 Å². The SMILES string of the molecule is C=CC(=O)OCCCCOc1ccc2cc(C(=O)Oc3ccc4ccccc4c3-c3c(OC(=O)c4ccc5cc(OCCCCOC(=O)C=C)ccc5c4)ccc4ccccc34)ccc2c1. The zero-order valence-corrected chi connectivity index (χ0v) is 36.2. The van der Waals surface area contributed by atoms with Crippen molar-refractivity contribution in [2.75, 3.05) is 26.4 Å². The Kier molecular flexibility index (Phi) is 14.1. The molecule has 330 valence electrons. The van der Waals surface area contributed by atoms with Crippen molar-refractivity contribution in [3.05, 3.63) is 182 Å². The molecule has 0 spiro atoms. The van der Waals surface area contributed by atoms with Crippen molar-refractivity contribution in [1.82, 2.24) is 0 Å². The fraction of sp³-hybridized carbons (Fsp3) is 0.143. The van der Waals surface area contributed by atoms with E-state index < -0.39 is 23.9 Å². The molecule has 10 heteroatoms. The first kappa shape index (κ1) is 44.4. The number of esters is 4. The second-order valence-electron chi connectivity index (χ2n) is 15.4. The van der Waals surface area contributed by atoms with Crippen LogP contribution in [0.2, 0.25) is 0 Å². The minimum Gasteiger partial charge on any atom is -0.494 e. The van der Waals surface area contributed by atoms with Crippen LogP contribution in [0.1, 0.15) is 46.4 Å². The monoisotopic (exact) mass is 878 g/mol. The Hall–Kier alpha value is -8.24. The summed E-state index contributed by atoms with van der Waals surface area (Å²) in [7, 11) is 0. The predicted molar refractivity (Wildman–Crippen MR) is 256 cm³/mol. The third-order valence-corrected chi connectivity index (χ3v) is 11.0. The average molecular weight is 879 g/mol. The molecule has 0 aliphatic carbocycles. The molecule has 0 heterocycles. The van der Waals surface area contributed by atoms with Gasteiger partial charge >= 0.3 is 23.9 Å². The molecular formula is C56H46O10. The summed E-state index contributed by atoms with van der Waals surface area (Å²) >= 11 is 0. The molecule has 10 nitrogen and oxygen atoms in total. The molecule has 8 aromatic rings. The molecule has 0 unspecified atom stereocenters. The molecule has 8 aromatic carbocycles. The molecule has 0 N–H and O–H groups in total. The van der Waals surface area contributed by atoms with Crippen LogP contribution in [0.25, 0.3) is 54.2 Å². The second-order valence-corrected chi connectivity index (χ2v) is 15.4. The number of hydrogen-bond donors (Lipinski definition) is 0. The van der Waals surface area contributed by atoms with Gasteiger partial charge in [0.05, 0.1) is 37.6 Å². The summed E-state index contributed by atoms with van der Waals surface area (Å²) in [6, 6.07) is 45.0. The minimum atomic E-state index is -0.555. The van der Waals surface area contributed by atoms with Gasteiger partial charge in [-0.2, -0.15) is 0 Å². The van der Waals surface area contributed by atoms with E-state index in [1.54, 1.807) is 36.4 Å². The van der Waals surface area contributed by atoms with Gasteiger partial charge in [0.2, 0.25) is 0 Å². The molecule has 0 saturated heterocycles. The Balaban J connectivity index is 1.03. The van der Waals surface area contributed by atoms with E-state index in [-0.39, 0.29) is 0 Å². The summed E-state index contributed by atoms with van der Waals surface area (Å²) in [6.45, 7) is 8.31. The highest BCUT2D eigenvalue weighted by Crippen LogP contribution is 2.46. The van der Waals surface area contributed by atoms with E-state index in [9.17, 15) is 19.2 Å². The van der Waals surface area contributed by atoms with Crippen molar-refractivity contribution in [2.45, 2.75) is 25.7 Å². The number of ether oxygens (including phenoxy) is 6. The smallest absolute Gasteiger partial charge is 0.343 e. The summed E-state index contributed by atoms with van der Waals surface area (Å²) < 4.78 is 34.5. The Bertz CT molecular complexity index is 2920. The summed E-state index contributed by atoms with van der Waals surface area (Å²) in [5, 5.41) is 6.85. The first-order chi connectivity index (χ1) is 32.3. The van der Waals surface area contributed by atoms with Gasteiger partial charge < -0.3 is 28.4 Å². The van der Waals surface area contributed by atoms with Crippen molar-refractivity contribution in [3.63, 3.8) is 0 Å². The highest BCUT2D eigenvalue weighted by atomic mass is 16.5. The van der Waals surface area contributed by atoms with Crippen LogP contribution in [0.4, 0.5) is 0 Å². The van der Waals surface area contributed by atoms with Crippen molar-refractivity contribution >= 4 is 67.0 Å². The van der Waals surface area contributed by atoms with E-state index in [4.69, 9.17) is 28.4 Å². The first-order valence-corrected chi connectivity index (χ1v) is 21.7. The predicted octanol–water partition coefficient (Wildman–Crippen LogP) is 12.2. The van der Waals surface area contributed by atoms with Gasteiger partial charge in [-0.25, -0.2) is 19.2 Å². The van der Waals surface area contributed by atoms with E-state index >= 15 is 0 Å². The van der Waals surface area contributed by atoms with Crippen LogP contribution in [-0.4, -0.2) is 50.3 Å². The van der Waals surface area contributed by atoms with Gasteiger partial charge in [-0.1, -0.05) is 98.1 Å². The van der Waals surface area contributed by atoms with Crippen molar-refractivity contribution in [3.8, 4) is 34.1 Å². The lowest BCUT2D eigenvalue weighted by Gasteiger charge is -2.19. The third kappa shape index (κ3) is 10.6. The Morgan fingerprint density at radius 3 is 1.23 bits per heavy atom. The molecule has 0 bridgehead atoms. The molecule has 0 radical (unpaired) electrons. The second kappa shape index (κ2) is 21.0. The van der Waals surface area contributed by atoms with Crippen molar-refractivity contribution in [2.24, 2.45) is 0 Å². The minimum absolute atomic E-state index is 0.301. The van der Waals surface area contributed by atoms with Crippen LogP contribution in [0.3, 0.4) is 0 Å². The highest BCUT2D eigenvalue weighted by molar-refractivity contribution is 6.11. The molecule has 0 atom stereocenters. The summed E-state index contributed by atoms with van der Waals surface area (Å²) in [5.74, 6) is -0.0231. The fourth-order valence-electron chi connectivity index (χ4n) is 7.64. The topological polar surface area (TPSA) is 124 Å². The molecule has 0 aromatic heterocycles. The molecule has 0 amide bonds. The van der Waals surface area contributed by atoms with Crippen LogP contribution in [0.5, 0.6) is 23.0 Å². The highest BCUT2D eigenvalue weighted by Gasteiger charge is 2.23. The standard InChI is InChI=1S/C56H46O10/c1-3-51(57)63-31-11-9-29-61-45-25-21-39-33-43(19-17-41(39)35-45)55(59)65-49-27-23-37-13-5-7-15-47(37)53(49)54-48-16-8-6-14-38(48)24-28-50(54)66-56(60)44-20-18-42-36-46(26-22-40(42)34-44)62-30-10-12-32-64-52(58)4-2/h3-8,13-28,33-36H,1-2,9-12,29-32H2. The van der Waals surface area contributed by atoms with Gasteiger partial charge in [-0.15, -0.1) is 0 Å². The van der Waals surface area contributed by atoms with Gasteiger partial charge in [0.15, 0.2) is 0 Å².